The van der Waals surface area contributed by atoms with Crippen molar-refractivity contribution in [2.75, 3.05) is 19.7 Å². The van der Waals surface area contributed by atoms with E-state index < -0.39 is 6.04 Å². The van der Waals surface area contributed by atoms with Gasteiger partial charge in [-0.3, -0.25) is 9.69 Å². The minimum absolute atomic E-state index is 0.205. The molecule has 1 amide bonds. The topological polar surface area (TPSA) is 94.5 Å². The lowest BCUT2D eigenvalue weighted by molar-refractivity contribution is -0.135. The molecule has 1 aromatic heterocycles. The predicted molar refractivity (Wildman–Crippen MR) is 83.4 cm³/mol. The summed E-state index contributed by atoms with van der Waals surface area (Å²) in [7, 11) is 0. The minimum Gasteiger partial charge on any atom is -0.375 e. The van der Waals surface area contributed by atoms with E-state index in [1.54, 1.807) is 0 Å². The van der Waals surface area contributed by atoms with Crippen LogP contribution in [0.15, 0.2) is 34.9 Å². The third-order valence-electron chi connectivity index (χ3n) is 4.00. The molecule has 1 fully saturated rings. The molecule has 7 nitrogen and oxygen atoms in total. The van der Waals surface area contributed by atoms with E-state index in [1.807, 2.05) is 42.2 Å². The highest BCUT2D eigenvalue weighted by Gasteiger charge is 2.33. The van der Waals surface area contributed by atoms with Gasteiger partial charge in [0.1, 0.15) is 6.04 Å². The zero-order valence-electron chi connectivity index (χ0n) is 13.0. The number of ether oxygens (including phenoxy) is 1. The van der Waals surface area contributed by atoms with Gasteiger partial charge in [-0.25, -0.2) is 0 Å². The summed E-state index contributed by atoms with van der Waals surface area (Å²) in [6, 6.07) is 9.24. The number of morpholine rings is 1. The number of benzene rings is 1. The van der Waals surface area contributed by atoms with E-state index in [2.05, 4.69) is 10.1 Å². The maximum atomic E-state index is 11.6. The Balaban J connectivity index is 1.64. The van der Waals surface area contributed by atoms with Crippen molar-refractivity contribution in [3.63, 3.8) is 0 Å². The molecule has 2 atom stereocenters. The number of carbonyl (C=O) groups is 1. The quantitative estimate of drug-likeness (QED) is 0.879. The van der Waals surface area contributed by atoms with Gasteiger partial charge in [0.15, 0.2) is 0 Å². The summed E-state index contributed by atoms with van der Waals surface area (Å²) in [5.74, 6) is 0.751. The Morgan fingerprint density at radius 3 is 2.91 bits per heavy atom. The summed E-state index contributed by atoms with van der Waals surface area (Å²) in [6.07, 6.45) is 0.361. The van der Waals surface area contributed by atoms with Crippen LogP contribution in [0.1, 0.15) is 12.8 Å². The first-order chi connectivity index (χ1) is 11.1. The number of aromatic nitrogens is 2. The molecule has 122 valence electrons. The van der Waals surface area contributed by atoms with Crippen molar-refractivity contribution in [1.82, 2.24) is 15.0 Å². The molecule has 1 aliphatic rings. The lowest BCUT2D eigenvalue weighted by Gasteiger charge is -2.37. The van der Waals surface area contributed by atoms with Gasteiger partial charge in [-0.15, -0.1) is 0 Å². The summed E-state index contributed by atoms with van der Waals surface area (Å²) < 4.78 is 10.8. The lowest BCUT2D eigenvalue weighted by atomic mass is 10.1. The van der Waals surface area contributed by atoms with Gasteiger partial charge in [0, 0.05) is 25.1 Å². The number of hydrogen-bond donors (Lipinski definition) is 1. The van der Waals surface area contributed by atoms with E-state index in [9.17, 15) is 4.79 Å². The third kappa shape index (κ3) is 3.57. The molecule has 0 spiro atoms. The summed E-state index contributed by atoms with van der Waals surface area (Å²) in [4.78, 5) is 18.0. The molecule has 1 saturated heterocycles. The fraction of sp³-hybridized carbons (Fsp3) is 0.438. The number of hydrogen-bond acceptors (Lipinski definition) is 6. The molecule has 2 N–H and O–H groups in total. The summed E-state index contributed by atoms with van der Waals surface area (Å²) in [5, 5.41) is 4.00. The highest BCUT2D eigenvalue weighted by Crippen LogP contribution is 2.17. The Morgan fingerprint density at radius 1 is 1.39 bits per heavy atom. The molecule has 1 aromatic carbocycles. The van der Waals surface area contributed by atoms with Gasteiger partial charge in [0.2, 0.25) is 17.6 Å². The van der Waals surface area contributed by atoms with Crippen molar-refractivity contribution in [2.45, 2.75) is 25.5 Å². The maximum absolute atomic E-state index is 11.6. The molecule has 0 radical (unpaired) electrons. The largest absolute Gasteiger partial charge is 0.375 e. The molecule has 3 rings (SSSR count). The van der Waals surface area contributed by atoms with Crippen LogP contribution in [0, 0.1) is 0 Å². The highest BCUT2D eigenvalue weighted by atomic mass is 16.5. The summed E-state index contributed by atoms with van der Waals surface area (Å²) in [6.45, 7) is 3.74. The van der Waals surface area contributed by atoms with Gasteiger partial charge < -0.3 is 15.0 Å². The normalized spacial score (nSPS) is 22.1. The number of rotatable bonds is 5. The van der Waals surface area contributed by atoms with Crippen molar-refractivity contribution in [1.29, 1.82) is 0 Å². The van der Waals surface area contributed by atoms with Crippen molar-refractivity contribution >= 4 is 5.91 Å². The second kappa shape index (κ2) is 6.89. The van der Waals surface area contributed by atoms with E-state index in [1.165, 1.54) is 0 Å². The fourth-order valence-corrected chi connectivity index (χ4v) is 2.85. The lowest BCUT2D eigenvalue weighted by Crippen LogP contribution is -2.56. The second-order valence-corrected chi connectivity index (χ2v) is 5.59. The number of nitrogens with zero attached hydrogens (tertiary/aromatic N) is 3. The SMILES string of the molecule is C[C@H]1OCCN(CCc2nc(-c3ccccc3)no2)[C@@H]1C(N)=O. The maximum Gasteiger partial charge on any atom is 0.237 e. The standard InChI is InChI=1S/C16H20N4O3/c1-11-14(15(17)21)20(9-10-22-11)8-7-13-18-16(19-23-13)12-5-3-2-4-6-12/h2-6,11,14H,7-10H2,1H3,(H2,17,21)/t11-,14+/m1/s1. The first-order valence-corrected chi connectivity index (χ1v) is 7.68. The number of carbonyl (C=O) groups excluding carboxylic acids is 1. The Kier molecular flexibility index (Phi) is 4.68. The van der Waals surface area contributed by atoms with E-state index in [0.717, 1.165) is 5.56 Å². The zero-order chi connectivity index (χ0) is 16.2. The Hall–Kier alpha value is -2.25. The minimum atomic E-state index is -0.416. The molecule has 1 aliphatic heterocycles. The van der Waals surface area contributed by atoms with Gasteiger partial charge >= 0.3 is 0 Å². The van der Waals surface area contributed by atoms with E-state index in [4.69, 9.17) is 15.0 Å². The molecule has 0 unspecified atom stereocenters. The second-order valence-electron chi connectivity index (χ2n) is 5.59. The first-order valence-electron chi connectivity index (χ1n) is 7.68. The summed E-state index contributed by atoms with van der Waals surface area (Å²) >= 11 is 0. The molecule has 2 heterocycles. The first kappa shape index (κ1) is 15.6. The fourth-order valence-electron chi connectivity index (χ4n) is 2.85. The van der Waals surface area contributed by atoms with Crippen LogP contribution in [0.5, 0.6) is 0 Å². The zero-order valence-corrected chi connectivity index (χ0v) is 13.0. The Bertz CT molecular complexity index is 658. The van der Waals surface area contributed by atoms with Crippen LogP contribution in [0.25, 0.3) is 11.4 Å². The molecule has 0 aliphatic carbocycles. The van der Waals surface area contributed by atoms with Gasteiger partial charge in [-0.05, 0) is 6.92 Å². The van der Waals surface area contributed by atoms with Gasteiger partial charge in [0.05, 0.1) is 12.7 Å². The predicted octanol–water partition coefficient (Wildman–Crippen LogP) is 0.854. The average molecular weight is 316 g/mol. The molecule has 7 heteroatoms. The number of amides is 1. The van der Waals surface area contributed by atoms with Gasteiger partial charge in [-0.2, -0.15) is 4.98 Å². The van der Waals surface area contributed by atoms with Crippen LogP contribution in [-0.2, 0) is 16.0 Å². The molecule has 0 bridgehead atoms. The van der Waals surface area contributed by atoms with Crippen LogP contribution in [0.3, 0.4) is 0 Å². The smallest absolute Gasteiger partial charge is 0.237 e. The van der Waals surface area contributed by atoms with Crippen molar-refractivity contribution in [3.05, 3.63) is 36.2 Å². The molecule has 0 saturated carbocycles. The van der Waals surface area contributed by atoms with Gasteiger partial charge in [0.25, 0.3) is 0 Å². The van der Waals surface area contributed by atoms with Gasteiger partial charge in [-0.1, -0.05) is 35.5 Å². The van der Waals surface area contributed by atoms with Crippen LogP contribution >= 0.6 is 0 Å². The van der Waals surface area contributed by atoms with Crippen LogP contribution in [0.2, 0.25) is 0 Å². The molecular weight excluding hydrogens is 296 g/mol. The monoisotopic (exact) mass is 316 g/mol. The highest BCUT2D eigenvalue weighted by molar-refractivity contribution is 5.80. The Morgan fingerprint density at radius 2 is 2.17 bits per heavy atom. The van der Waals surface area contributed by atoms with E-state index in [-0.39, 0.29) is 12.0 Å². The number of primary amides is 1. The summed E-state index contributed by atoms with van der Waals surface area (Å²) in [5.41, 5.74) is 6.40. The van der Waals surface area contributed by atoms with E-state index in [0.29, 0.717) is 37.8 Å². The molecular formula is C16H20N4O3. The van der Waals surface area contributed by atoms with Crippen molar-refractivity contribution in [2.24, 2.45) is 5.73 Å². The van der Waals surface area contributed by atoms with Crippen molar-refractivity contribution < 1.29 is 14.1 Å². The van der Waals surface area contributed by atoms with E-state index >= 15 is 0 Å². The van der Waals surface area contributed by atoms with Crippen LogP contribution < -0.4 is 5.73 Å². The average Bonchev–Trinajstić information content (AvgIpc) is 3.02. The van der Waals surface area contributed by atoms with Crippen LogP contribution in [0.4, 0.5) is 0 Å². The molecule has 2 aromatic rings. The van der Waals surface area contributed by atoms with Crippen LogP contribution in [-0.4, -0.2) is 52.8 Å². The number of nitrogens with two attached hydrogens (primary N) is 1. The van der Waals surface area contributed by atoms with Crippen molar-refractivity contribution in [3.8, 4) is 11.4 Å². The molecule has 23 heavy (non-hydrogen) atoms. The Labute approximate surface area is 134 Å². The third-order valence-corrected chi connectivity index (χ3v) is 4.00.